The number of aryl methyl sites for hydroxylation is 1. The van der Waals surface area contributed by atoms with Gasteiger partial charge >= 0.3 is 0 Å². The predicted molar refractivity (Wildman–Crippen MR) is 73.6 cm³/mol. The summed E-state index contributed by atoms with van der Waals surface area (Å²) in [4.78, 5) is 18.1. The van der Waals surface area contributed by atoms with E-state index in [0.717, 1.165) is 5.56 Å². The smallest absolute Gasteiger partial charge is 0.251 e. The molecule has 0 aliphatic rings. The van der Waals surface area contributed by atoms with Crippen molar-refractivity contribution in [3.8, 4) is 0 Å². The Hall–Kier alpha value is -1.66. The summed E-state index contributed by atoms with van der Waals surface area (Å²) in [7, 11) is 0. The van der Waals surface area contributed by atoms with Crippen molar-refractivity contribution in [1.82, 2.24) is 9.97 Å². The van der Waals surface area contributed by atoms with Crippen molar-refractivity contribution in [1.29, 1.82) is 0 Å². The standard InChI is InChI=1S/C13H14FN3OS/c1-8-5-12(18)17-13(16-8)19-7-11(15)9-3-2-4-10(14)6-9/h2-6,11H,7,15H2,1H3,(H,16,17,18). The van der Waals surface area contributed by atoms with Crippen molar-refractivity contribution in [3.05, 3.63) is 57.8 Å². The van der Waals surface area contributed by atoms with Crippen LogP contribution in [0.25, 0.3) is 0 Å². The minimum atomic E-state index is -0.313. The molecule has 2 aromatic rings. The van der Waals surface area contributed by atoms with E-state index in [0.29, 0.717) is 16.6 Å². The van der Waals surface area contributed by atoms with Crippen LogP contribution in [0.5, 0.6) is 0 Å². The van der Waals surface area contributed by atoms with E-state index in [1.54, 1.807) is 19.1 Å². The highest BCUT2D eigenvalue weighted by atomic mass is 32.2. The van der Waals surface area contributed by atoms with Gasteiger partial charge in [-0.05, 0) is 24.6 Å². The maximum atomic E-state index is 13.1. The lowest BCUT2D eigenvalue weighted by Gasteiger charge is -2.11. The molecule has 1 heterocycles. The number of benzene rings is 1. The molecule has 1 aromatic heterocycles. The highest BCUT2D eigenvalue weighted by molar-refractivity contribution is 7.99. The van der Waals surface area contributed by atoms with Crippen LogP contribution in [0.15, 0.2) is 40.3 Å². The maximum Gasteiger partial charge on any atom is 0.251 e. The quantitative estimate of drug-likeness (QED) is 0.663. The SMILES string of the molecule is Cc1cc(=O)[nH]c(SCC(N)c2cccc(F)c2)n1. The monoisotopic (exact) mass is 279 g/mol. The lowest BCUT2D eigenvalue weighted by Crippen LogP contribution is -2.14. The second-order valence-electron chi connectivity index (χ2n) is 4.16. The molecule has 0 bridgehead atoms. The number of halogens is 1. The van der Waals surface area contributed by atoms with Crippen LogP contribution in [-0.4, -0.2) is 15.7 Å². The normalized spacial score (nSPS) is 12.4. The van der Waals surface area contributed by atoms with E-state index >= 15 is 0 Å². The molecule has 100 valence electrons. The number of H-pyrrole nitrogens is 1. The van der Waals surface area contributed by atoms with Crippen molar-refractivity contribution < 1.29 is 4.39 Å². The fraction of sp³-hybridized carbons (Fsp3) is 0.231. The van der Waals surface area contributed by atoms with Gasteiger partial charge in [-0.25, -0.2) is 9.37 Å². The molecule has 1 aromatic carbocycles. The lowest BCUT2D eigenvalue weighted by atomic mass is 10.1. The Morgan fingerprint density at radius 1 is 1.47 bits per heavy atom. The predicted octanol–water partition coefficient (Wildman–Crippen LogP) is 2.01. The zero-order valence-electron chi connectivity index (χ0n) is 10.4. The Morgan fingerprint density at radius 3 is 2.95 bits per heavy atom. The van der Waals surface area contributed by atoms with Crippen LogP contribution < -0.4 is 11.3 Å². The van der Waals surface area contributed by atoms with Gasteiger partial charge in [-0.1, -0.05) is 23.9 Å². The Balaban J connectivity index is 2.04. The molecule has 1 atom stereocenters. The first-order valence-electron chi connectivity index (χ1n) is 5.76. The third-order valence-corrected chi connectivity index (χ3v) is 3.52. The summed E-state index contributed by atoms with van der Waals surface area (Å²) >= 11 is 1.34. The minimum absolute atomic E-state index is 0.186. The molecule has 0 fully saturated rings. The number of nitrogens with one attached hydrogen (secondary N) is 1. The van der Waals surface area contributed by atoms with Gasteiger partial charge in [-0.15, -0.1) is 0 Å². The molecule has 0 amide bonds. The van der Waals surface area contributed by atoms with Gasteiger partial charge in [0.1, 0.15) is 5.82 Å². The molecule has 0 radical (unpaired) electrons. The summed E-state index contributed by atoms with van der Waals surface area (Å²) in [5.74, 6) is 0.204. The average Bonchev–Trinajstić information content (AvgIpc) is 2.35. The third kappa shape index (κ3) is 3.90. The molecule has 0 saturated carbocycles. The van der Waals surface area contributed by atoms with Crippen LogP contribution in [0.1, 0.15) is 17.3 Å². The van der Waals surface area contributed by atoms with E-state index in [2.05, 4.69) is 9.97 Å². The topological polar surface area (TPSA) is 71.8 Å². The third-order valence-electron chi connectivity index (χ3n) is 2.52. The molecule has 0 aliphatic carbocycles. The molecular weight excluding hydrogens is 265 g/mol. The van der Waals surface area contributed by atoms with Gasteiger partial charge < -0.3 is 10.7 Å². The summed E-state index contributed by atoms with van der Waals surface area (Å²) < 4.78 is 13.1. The van der Waals surface area contributed by atoms with E-state index in [-0.39, 0.29) is 17.4 Å². The van der Waals surface area contributed by atoms with E-state index in [9.17, 15) is 9.18 Å². The largest absolute Gasteiger partial charge is 0.323 e. The fourth-order valence-corrected chi connectivity index (χ4v) is 2.53. The van der Waals surface area contributed by atoms with Crippen molar-refractivity contribution in [3.63, 3.8) is 0 Å². The van der Waals surface area contributed by atoms with Gasteiger partial charge in [0.05, 0.1) is 0 Å². The Bertz CT molecular complexity index is 629. The lowest BCUT2D eigenvalue weighted by molar-refractivity contribution is 0.622. The second-order valence-corrected chi connectivity index (χ2v) is 5.17. The number of aromatic amines is 1. The number of nitrogens with two attached hydrogens (primary N) is 1. The number of thioether (sulfide) groups is 1. The summed E-state index contributed by atoms with van der Waals surface area (Å²) in [5, 5.41) is 0.525. The molecule has 3 N–H and O–H groups in total. The molecule has 6 heteroatoms. The first kappa shape index (κ1) is 13.8. The Morgan fingerprint density at radius 2 is 2.26 bits per heavy atom. The summed E-state index contributed by atoms with van der Waals surface area (Å²) in [6, 6.07) is 7.31. The van der Waals surface area contributed by atoms with Gasteiger partial charge in [-0.2, -0.15) is 0 Å². The highest BCUT2D eigenvalue weighted by Crippen LogP contribution is 2.20. The fourth-order valence-electron chi connectivity index (χ4n) is 1.62. The van der Waals surface area contributed by atoms with Crippen LogP contribution in [0.3, 0.4) is 0 Å². The van der Waals surface area contributed by atoms with Crippen LogP contribution >= 0.6 is 11.8 Å². The number of nitrogens with zero attached hydrogens (tertiary/aromatic N) is 1. The molecule has 1 unspecified atom stereocenters. The van der Waals surface area contributed by atoms with Gasteiger partial charge in [0.2, 0.25) is 0 Å². The molecule has 4 nitrogen and oxygen atoms in total. The summed E-state index contributed by atoms with van der Waals surface area (Å²) in [6.07, 6.45) is 0. The zero-order valence-corrected chi connectivity index (χ0v) is 11.2. The highest BCUT2D eigenvalue weighted by Gasteiger charge is 2.09. The van der Waals surface area contributed by atoms with Gasteiger partial charge in [-0.3, -0.25) is 4.79 Å². The molecule has 0 saturated heterocycles. The number of rotatable bonds is 4. The average molecular weight is 279 g/mol. The molecular formula is C13H14FN3OS. The van der Waals surface area contributed by atoms with E-state index < -0.39 is 0 Å². The van der Waals surface area contributed by atoms with Crippen LogP contribution in [-0.2, 0) is 0 Å². The van der Waals surface area contributed by atoms with E-state index in [1.807, 2.05) is 0 Å². The van der Waals surface area contributed by atoms with Crippen LogP contribution in [0.4, 0.5) is 4.39 Å². The van der Waals surface area contributed by atoms with E-state index in [1.165, 1.54) is 30.0 Å². The minimum Gasteiger partial charge on any atom is -0.323 e. The maximum absolute atomic E-state index is 13.1. The first-order chi connectivity index (χ1) is 9.04. The van der Waals surface area contributed by atoms with Crippen molar-refractivity contribution in [2.45, 2.75) is 18.1 Å². The molecule has 0 spiro atoms. The van der Waals surface area contributed by atoms with Gasteiger partial charge in [0, 0.05) is 23.6 Å². The van der Waals surface area contributed by atoms with Gasteiger partial charge in [0.15, 0.2) is 5.16 Å². The van der Waals surface area contributed by atoms with Crippen molar-refractivity contribution >= 4 is 11.8 Å². The van der Waals surface area contributed by atoms with Crippen LogP contribution in [0.2, 0.25) is 0 Å². The number of aromatic nitrogens is 2. The summed E-state index contributed by atoms with van der Waals surface area (Å²) in [6.45, 7) is 1.76. The van der Waals surface area contributed by atoms with Crippen LogP contribution in [0, 0.1) is 12.7 Å². The van der Waals surface area contributed by atoms with Crippen molar-refractivity contribution in [2.24, 2.45) is 5.73 Å². The Labute approximate surface area is 114 Å². The van der Waals surface area contributed by atoms with Crippen molar-refractivity contribution in [2.75, 3.05) is 5.75 Å². The summed E-state index contributed by atoms with van der Waals surface area (Å²) in [5.41, 5.74) is 7.18. The first-order valence-corrected chi connectivity index (χ1v) is 6.75. The number of hydrogen-bond acceptors (Lipinski definition) is 4. The number of hydrogen-bond donors (Lipinski definition) is 2. The van der Waals surface area contributed by atoms with Gasteiger partial charge in [0.25, 0.3) is 5.56 Å². The Kier molecular flexibility index (Phi) is 4.34. The molecule has 0 aliphatic heterocycles. The van der Waals surface area contributed by atoms with E-state index in [4.69, 9.17) is 5.73 Å². The second kappa shape index (κ2) is 5.99. The molecule has 2 rings (SSSR count). The molecule has 19 heavy (non-hydrogen) atoms. The zero-order chi connectivity index (χ0) is 13.8.